The van der Waals surface area contributed by atoms with Crippen LogP contribution >= 0.6 is 0 Å². The molecule has 0 bridgehead atoms. The lowest BCUT2D eigenvalue weighted by molar-refractivity contribution is 0.131. The van der Waals surface area contributed by atoms with Gasteiger partial charge in [0.25, 0.3) is 0 Å². The Kier molecular flexibility index (Phi) is 6.70. The lowest BCUT2D eigenvalue weighted by atomic mass is 10.4. The molecule has 0 aliphatic rings. The molecule has 1 rings (SSSR count). The van der Waals surface area contributed by atoms with Gasteiger partial charge in [0.05, 0.1) is 5.69 Å². The summed E-state index contributed by atoms with van der Waals surface area (Å²) in [5.74, 6) is 0.971. The van der Waals surface area contributed by atoms with E-state index in [4.69, 9.17) is 4.74 Å². The summed E-state index contributed by atoms with van der Waals surface area (Å²) in [6.07, 6.45) is 5.46. The Morgan fingerprint density at radius 3 is 2.76 bits per heavy atom. The summed E-state index contributed by atoms with van der Waals surface area (Å²) >= 11 is 0. The van der Waals surface area contributed by atoms with Crippen molar-refractivity contribution in [1.82, 2.24) is 9.55 Å². The van der Waals surface area contributed by atoms with Crippen LogP contribution < -0.4 is 5.32 Å². The Morgan fingerprint density at radius 2 is 2.06 bits per heavy atom. The molecule has 0 spiro atoms. The van der Waals surface area contributed by atoms with Crippen LogP contribution in [-0.4, -0.2) is 29.3 Å². The molecule has 17 heavy (non-hydrogen) atoms. The number of rotatable bonds is 9. The summed E-state index contributed by atoms with van der Waals surface area (Å²) in [6, 6.07) is 0. The van der Waals surface area contributed by atoms with Crippen LogP contribution in [0.5, 0.6) is 0 Å². The molecule has 0 saturated carbocycles. The molecule has 1 aromatic heterocycles. The molecule has 0 aromatic carbocycles. The largest absolute Gasteiger partial charge is 0.381 e. The van der Waals surface area contributed by atoms with Crippen molar-refractivity contribution in [1.29, 1.82) is 0 Å². The van der Waals surface area contributed by atoms with Crippen molar-refractivity contribution in [3.8, 4) is 0 Å². The predicted molar refractivity (Wildman–Crippen MR) is 71.5 cm³/mol. The highest BCUT2D eigenvalue weighted by molar-refractivity contribution is 5.28. The van der Waals surface area contributed by atoms with Crippen LogP contribution in [0.25, 0.3) is 0 Å². The molecular formula is C13H25N3O. The van der Waals surface area contributed by atoms with Gasteiger partial charge in [0.2, 0.25) is 5.95 Å². The van der Waals surface area contributed by atoms with Gasteiger partial charge in [0, 0.05) is 32.5 Å². The molecular weight excluding hydrogens is 214 g/mol. The number of ether oxygens (including phenoxy) is 1. The fourth-order valence-corrected chi connectivity index (χ4v) is 1.65. The van der Waals surface area contributed by atoms with Crippen LogP contribution in [0.1, 0.15) is 38.8 Å². The number of anilines is 1. The molecule has 0 atom stereocenters. The SMILES string of the molecule is CCCCOCCCNc1nc(C)cn1CC. The van der Waals surface area contributed by atoms with Crippen LogP contribution in [0.15, 0.2) is 6.20 Å². The van der Waals surface area contributed by atoms with E-state index in [9.17, 15) is 0 Å². The summed E-state index contributed by atoms with van der Waals surface area (Å²) < 4.78 is 7.64. The average molecular weight is 239 g/mol. The molecule has 0 unspecified atom stereocenters. The second kappa shape index (κ2) is 8.12. The van der Waals surface area contributed by atoms with E-state index in [1.54, 1.807) is 0 Å². The van der Waals surface area contributed by atoms with Crippen molar-refractivity contribution in [2.24, 2.45) is 0 Å². The van der Waals surface area contributed by atoms with E-state index in [0.29, 0.717) is 0 Å². The van der Waals surface area contributed by atoms with E-state index >= 15 is 0 Å². The van der Waals surface area contributed by atoms with Gasteiger partial charge in [-0.15, -0.1) is 0 Å². The number of imidazole rings is 1. The fourth-order valence-electron chi connectivity index (χ4n) is 1.65. The maximum atomic E-state index is 5.51. The van der Waals surface area contributed by atoms with Crippen molar-refractivity contribution < 1.29 is 4.74 Å². The fraction of sp³-hybridized carbons (Fsp3) is 0.769. The van der Waals surface area contributed by atoms with Gasteiger partial charge in [0.1, 0.15) is 0 Å². The molecule has 4 heteroatoms. The van der Waals surface area contributed by atoms with Gasteiger partial charge in [0.15, 0.2) is 0 Å². The molecule has 0 aliphatic carbocycles. The van der Waals surface area contributed by atoms with Crippen LogP contribution in [0.3, 0.4) is 0 Å². The van der Waals surface area contributed by atoms with Crippen LogP contribution in [0, 0.1) is 6.92 Å². The number of aromatic nitrogens is 2. The quantitative estimate of drug-likeness (QED) is 0.673. The third kappa shape index (κ3) is 5.22. The average Bonchev–Trinajstić information content (AvgIpc) is 2.68. The van der Waals surface area contributed by atoms with Gasteiger partial charge >= 0.3 is 0 Å². The van der Waals surface area contributed by atoms with Gasteiger partial charge in [-0.3, -0.25) is 0 Å². The standard InChI is InChI=1S/C13H25N3O/c1-4-6-9-17-10-7-8-14-13-15-12(3)11-16(13)5-2/h11H,4-10H2,1-3H3,(H,14,15). The highest BCUT2D eigenvalue weighted by Crippen LogP contribution is 2.07. The zero-order valence-electron chi connectivity index (χ0n) is 11.3. The molecule has 0 fully saturated rings. The predicted octanol–water partition coefficient (Wildman–Crippen LogP) is 2.83. The Morgan fingerprint density at radius 1 is 1.29 bits per heavy atom. The Balaban J connectivity index is 2.13. The minimum atomic E-state index is 0.832. The normalized spacial score (nSPS) is 10.8. The first-order chi connectivity index (χ1) is 8.27. The summed E-state index contributed by atoms with van der Waals surface area (Å²) in [7, 11) is 0. The van der Waals surface area contributed by atoms with Crippen LogP contribution in [-0.2, 0) is 11.3 Å². The Labute approximate surface area is 104 Å². The molecule has 0 saturated heterocycles. The zero-order valence-corrected chi connectivity index (χ0v) is 11.3. The summed E-state index contributed by atoms with van der Waals surface area (Å²) in [5, 5.41) is 3.35. The number of unbranched alkanes of at least 4 members (excludes halogenated alkanes) is 1. The second-order valence-corrected chi connectivity index (χ2v) is 4.24. The number of hydrogen-bond acceptors (Lipinski definition) is 3. The summed E-state index contributed by atoms with van der Waals surface area (Å²) in [5.41, 5.74) is 1.06. The highest BCUT2D eigenvalue weighted by Gasteiger charge is 2.02. The molecule has 4 nitrogen and oxygen atoms in total. The molecule has 1 N–H and O–H groups in total. The van der Waals surface area contributed by atoms with Gasteiger partial charge in [-0.1, -0.05) is 13.3 Å². The second-order valence-electron chi connectivity index (χ2n) is 4.24. The first kappa shape index (κ1) is 14.0. The van der Waals surface area contributed by atoms with E-state index in [2.05, 4.69) is 34.9 Å². The molecule has 0 aliphatic heterocycles. The minimum absolute atomic E-state index is 0.832. The van der Waals surface area contributed by atoms with E-state index in [-0.39, 0.29) is 0 Å². The number of nitrogens with one attached hydrogen (secondary N) is 1. The summed E-state index contributed by atoms with van der Waals surface area (Å²) in [6.45, 7) is 9.92. The maximum Gasteiger partial charge on any atom is 0.203 e. The monoisotopic (exact) mass is 239 g/mol. The third-order valence-electron chi connectivity index (χ3n) is 2.63. The maximum absolute atomic E-state index is 5.51. The van der Waals surface area contributed by atoms with Crippen LogP contribution in [0.2, 0.25) is 0 Å². The summed E-state index contributed by atoms with van der Waals surface area (Å²) in [4.78, 5) is 4.44. The molecule has 1 heterocycles. The van der Waals surface area contributed by atoms with Gasteiger partial charge in [-0.05, 0) is 26.7 Å². The smallest absolute Gasteiger partial charge is 0.203 e. The first-order valence-corrected chi connectivity index (χ1v) is 6.63. The van der Waals surface area contributed by atoms with Crippen molar-refractivity contribution in [2.75, 3.05) is 25.1 Å². The molecule has 1 aromatic rings. The Bertz CT molecular complexity index is 310. The van der Waals surface area contributed by atoms with Crippen molar-refractivity contribution in [2.45, 2.75) is 46.6 Å². The van der Waals surface area contributed by atoms with E-state index in [0.717, 1.165) is 50.8 Å². The van der Waals surface area contributed by atoms with Crippen molar-refractivity contribution in [3.63, 3.8) is 0 Å². The van der Waals surface area contributed by atoms with E-state index in [1.807, 2.05) is 6.92 Å². The lowest BCUT2D eigenvalue weighted by Gasteiger charge is -2.07. The third-order valence-corrected chi connectivity index (χ3v) is 2.63. The highest BCUT2D eigenvalue weighted by atomic mass is 16.5. The number of nitrogens with zero attached hydrogens (tertiary/aromatic N) is 2. The van der Waals surface area contributed by atoms with E-state index < -0.39 is 0 Å². The number of hydrogen-bond donors (Lipinski definition) is 1. The Hall–Kier alpha value is -1.03. The lowest BCUT2D eigenvalue weighted by Crippen LogP contribution is -2.10. The number of aryl methyl sites for hydroxylation is 2. The first-order valence-electron chi connectivity index (χ1n) is 6.63. The van der Waals surface area contributed by atoms with Gasteiger partial charge < -0.3 is 14.6 Å². The molecule has 0 amide bonds. The zero-order chi connectivity index (χ0) is 12.5. The van der Waals surface area contributed by atoms with Gasteiger partial charge in [-0.25, -0.2) is 4.98 Å². The van der Waals surface area contributed by atoms with Crippen LogP contribution in [0.4, 0.5) is 5.95 Å². The van der Waals surface area contributed by atoms with Gasteiger partial charge in [-0.2, -0.15) is 0 Å². The molecule has 0 radical (unpaired) electrons. The van der Waals surface area contributed by atoms with Crippen molar-refractivity contribution >= 4 is 5.95 Å². The topological polar surface area (TPSA) is 39.1 Å². The molecule has 98 valence electrons. The van der Waals surface area contributed by atoms with Crippen molar-refractivity contribution in [3.05, 3.63) is 11.9 Å². The minimum Gasteiger partial charge on any atom is -0.381 e. The van der Waals surface area contributed by atoms with E-state index in [1.165, 1.54) is 6.42 Å².